The maximum atomic E-state index is 13.1. The van der Waals surface area contributed by atoms with Crippen LogP contribution in [-0.2, 0) is 16.0 Å². The minimum Gasteiger partial charge on any atom is -0.378 e. The van der Waals surface area contributed by atoms with E-state index in [4.69, 9.17) is 9.72 Å². The molecule has 8 heteroatoms. The van der Waals surface area contributed by atoms with E-state index in [1.807, 2.05) is 24.4 Å². The lowest BCUT2D eigenvalue weighted by atomic mass is 10.0. The van der Waals surface area contributed by atoms with E-state index in [9.17, 15) is 10.1 Å². The zero-order valence-corrected chi connectivity index (χ0v) is 19.5. The van der Waals surface area contributed by atoms with Gasteiger partial charge in [-0.15, -0.1) is 0 Å². The molecule has 1 saturated heterocycles. The van der Waals surface area contributed by atoms with Crippen LogP contribution in [0, 0.1) is 11.3 Å². The first-order valence-electron chi connectivity index (χ1n) is 12.1. The summed E-state index contributed by atoms with van der Waals surface area (Å²) >= 11 is 0. The first kappa shape index (κ1) is 21.7. The number of carbonyl (C=O) groups excluding carboxylic acids is 1. The number of hydrogen-bond acceptors (Lipinski definition) is 6. The molecule has 1 saturated carbocycles. The van der Waals surface area contributed by atoms with Crippen LogP contribution in [0.15, 0.2) is 48.9 Å². The van der Waals surface area contributed by atoms with Crippen molar-refractivity contribution in [1.29, 1.82) is 5.26 Å². The summed E-state index contributed by atoms with van der Waals surface area (Å²) in [6.07, 6.45) is 8.33. The van der Waals surface area contributed by atoms with Crippen LogP contribution in [-0.4, -0.2) is 44.2 Å². The smallest absolute Gasteiger partial charge is 0.227 e. The minimum atomic E-state index is -0.0342. The number of amides is 1. The van der Waals surface area contributed by atoms with Gasteiger partial charge in [-0.1, -0.05) is 6.07 Å². The van der Waals surface area contributed by atoms with Gasteiger partial charge in [0.1, 0.15) is 11.3 Å². The topological polar surface area (TPSA) is 106 Å². The highest BCUT2D eigenvalue weighted by Crippen LogP contribution is 2.40. The van der Waals surface area contributed by atoms with Gasteiger partial charge in [0.25, 0.3) is 0 Å². The summed E-state index contributed by atoms with van der Waals surface area (Å²) in [5.74, 6) is 1.01. The Morgan fingerprint density at radius 3 is 2.97 bits per heavy atom. The molecule has 2 aliphatic rings. The van der Waals surface area contributed by atoms with Gasteiger partial charge in [-0.05, 0) is 56.0 Å². The Morgan fingerprint density at radius 2 is 2.17 bits per heavy atom. The SMILES string of the molecule is C[C@@H]1C[C@H](n2c(CC(=O)N[C@@H]3C[C@H]3c3cccnc3)nc3cnc4ccc(C#N)cc4c32)CCO1. The monoisotopic (exact) mass is 466 g/mol. The van der Waals surface area contributed by atoms with Crippen molar-refractivity contribution in [2.45, 2.75) is 56.7 Å². The van der Waals surface area contributed by atoms with Gasteiger partial charge < -0.3 is 14.6 Å². The summed E-state index contributed by atoms with van der Waals surface area (Å²) in [6.45, 7) is 2.75. The average Bonchev–Trinajstić information content (AvgIpc) is 3.54. The second kappa shape index (κ2) is 8.75. The number of fused-ring (bicyclic) bond motifs is 3. The van der Waals surface area contributed by atoms with Crippen molar-refractivity contribution in [2.75, 3.05) is 6.61 Å². The van der Waals surface area contributed by atoms with Crippen LogP contribution in [0.2, 0.25) is 0 Å². The van der Waals surface area contributed by atoms with Crippen molar-refractivity contribution in [3.63, 3.8) is 0 Å². The number of benzene rings is 1. The van der Waals surface area contributed by atoms with E-state index in [1.165, 1.54) is 0 Å². The molecule has 3 aromatic heterocycles. The summed E-state index contributed by atoms with van der Waals surface area (Å²) in [5.41, 5.74) is 4.23. The third-order valence-corrected chi connectivity index (χ3v) is 7.11. The van der Waals surface area contributed by atoms with Crippen LogP contribution < -0.4 is 5.32 Å². The molecule has 6 rings (SSSR count). The third kappa shape index (κ3) is 4.13. The lowest BCUT2D eigenvalue weighted by Gasteiger charge is -2.30. The summed E-state index contributed by atoms with van der Waals surface area (Å²) in [4.78, 5) is 26.7. The van der Waals surface area contributed by atoms with Crippen LogP contribution in [0.4, 0.5) is 0 Å². The quantitative estimate of drug-likeness (QED) is 0.480. The van der Waals surface area contributed by atoms with Gasteiger partial charge in [0.05, 0.1) is 41.4 Å². The lowest BCUT2D eigenvalue weighted by Crippen LogP contribution is -2.31. The Bertz CT molecular complexity index is 1460. The van der Waals surface area contributed by atoms with Crippen molar-refractivity contribution in [3.05, 3.63) is 65.9 Å². The molecule has 0 spiro atoms. The number of pyridine rings is 2. The van der Waals surface area contributed by atoms with Gasteiger partial charge in [0, 0.05) is 42.4 Å². The van der Waals surface area contributed by atoms with Gasteiger partial charge >= 0.3 is 0 Å². The molecule has 176 valence electrons. The third-order valence-electron chi connectivity index (χ3n) is 7.11. The highest BCUT2D eigenvalue weighted by atomic mass is 16.5. The van der Waals surface area contributed by atoms with Crippen molar-refractivity contribution in [1.82, 2.24) is 24.8 Å². The van der Waals surface area contributed by atoms with Gasteiger partial charge in [-0.3, -0.25) is 14.8 Å². The Kier molecular flexibility index (Phi) is 5.42. The molecule has 0 bridgehead atoms. The Labute approximate surface area is 203 Å². The van der Waals surface area contributed by atoms with E-state index in [2.05, 4.69) is 38.9 Å². The highest BCUT2D eigenvalue weighted by molar-refractivity contribution is 6.03. The highest BCUT2D eigenvalue weighted by Gasteiger charge is 2.39. The fraction of sp³-hybridized carbons (Fsp3) is 0.370. The minimum absolute atomic E-state index is 0.0342. The molecule has 1 aliphatic carbocycles. The van der Waals surface area contributed by atoms with Crippen molar-refractivity contribution in [3.8, 4) is 6.07 Å². The fourth-order valence-electron chi connectivity index (χ4n) is 5.34. The van der Waals surface area contributed by atoms with Gasteiger partial charge in [-0.25, -0.2) is 4.98 Å². The van der Waals surface area contributed by atoms with E-state index < -0.39 is 0 Å². The standard InChI is InChI=1S/C27H26N6O2/c1-16-9-19(6-8-35-16)33-25(12-26(34)32-23-11-20(23)18-3-2-7-29-14-18)31-24-15-30-22-5-4-17(13-28)10-21(22)27(24)33/h2-5,7,10,14-16,19-20,23H,6,8-9,11-12H2,1H3,(H,32,34)/t16-,19-,20+,23-/m1/s1. The largest absolute Gasteiger partial charge is 0.378 e. The van der Waals surface area contributed by atoms with Crippen molar-refractivity contribution in [2.24, 2.45) is 0 Å². The van der Waals surface area contributed by atoms with Gasteiger partial charge in [-0.2, -0.15) is 5.26 Å². The van der Waals surface area contributed by atoms with E-state index in [0.29, 0.717) is 18.1 Å². The number of ether oxygens (including phenoxy) is 1. The summed E-state index contributed by atoms with van der Waals surface area (Å²) < 4.78 is 8.02. The number of carbonyl (C=O) groups is 1. The number of rotatable bonds is 5. The van der Waals surface area contributed by atoms with Crippen molar-refractivity contribution >= 4 is 27.8 Å². The predicted octanol–water partition coefficient (Wildman–Crippen LogP) is 3.81. The summed E-state index contributed by atoms with van der Waals surface area (Å²) in [5, 5.41) is 13.5. The first-order valence-corrected chi connectivity index (χ1v) is 12.1. The Morgan fingerprint density at radius 1 is 1.26 bits per heavy atom. The molecule has 1 amide bonds. The van der Waals surface area contributed by atoms with Crippen LogP contribution in [0.1, 0.15) is 55.1 Å². The molecule has 0 radical (unpaired) electrons. The van der Waals surface area contributed by atoms with Crippen LogP contribution in [0.25, 0.3) is 21.9 Å². The van der Waals surface area contributed by atoms with E-state index >= 15 is 0 Å². The molecule has 1 aliphatic heterocycles. The van der Waals surface area contributed by atoms with E-state index in [1.54, 1.807) is 18.5 Å². The average molecular weight is 467 g/mol. The Balaban J connectivity index is 1.35. The molecule has 1 aromatic carbocycles. The molecule has 1 N–H and O–H groups in total. The zero-order valence-electron chi connectivity index (χ0n) is 19.5. The Hall–Kier alpha value is -3.83. The van der Waals surface area contributed by atoms with Crippen LogP contribution in [0.3, 0.4) is 0 Å². The number of nitriles is 1. The molecule has 8 nitrogen and oxygen atoms in total. The maximum Gasteiger partial charge on any atom is 0.227 e. The number of imidazole rings is 1. The van der Waals surface area contributed by atoms with Gasteiger partial charge in [0.2, 0.25) is 5.91 Å². The second-order valence-electron chi connectivity index (χ2n) is 9.57. The number of hydrogen-bond donors (Lipinski definition) is 1. The van der Waals surface area contributed by atoms with Gasteiger partial charge in [0.15, 0.2) is 0 Å². The fourth-order valence-corrected chi connectivity index (χ4v) is 5.34. The number of nitrogens with one attached hydrogen (secondary N) is 1. The summed E-state index contributed by atoms with van der Waals surface area (Å²) in [6, 6.07) is 12.0. The molecule has 4 atom stereocenters. The van der Waals surface area contributed by atoms with E-state index in [-0.39, 0.29) is 30.5 Å². The molecule has 35 heavy (non-hydrogen) atoms. The number of aromatic nitrogens is 4. The maximum absolute atomic E-state index is 13.1. The second-order valence-corrected chi connectivity index (χ2v) is 9.57. The zero-order chi connectivity index (χ0) is 23.9. The molecule has 2 fully saturated rings. The summed E-state index contributed by atoms with van der Waals surface area (Å²) in [7, 11) is 0. The molecular weight excluding hydrogens is 440 g/mol. The first-order chi connectivity index (χ1) is 17.1. The van der Waals surface area contributed by atoms with E-state index in [0.717, 1.165) is 52.6 Å². The lowest BCUT2D eigenvalue weighted by molar-refractivity contribution is -0.120. The normalized spacial score (nSPS) is 23.8. The molecule has 0 unspecified atom stereocenters. The molecule has 4 heterocycles. The molecular formula is C27H26N6O2. The molecule has 4 aromatic rings. The van der Waals surface area contributed by atoms with Crippen LogP contribution >= 0.6 is 0 Å². The number of nitrogens with zero attached hydrogens (tertiary/aromatic N) is 5. The van der Waals surface area contributed by atoms with Crippen LogP contribution in [0.5, 0.6) is 0 Å². The predicted molar refractivity (Wildman–Crippen MR) is 131 cm³/mol. The van der Waals surface area contributed by atoms with Crippen molar-refractivity contribution < 1.29 is 9.53 Å².